The van der Waals surface area contributed by atoms with Crippen LogP contribution in [0.15, 0.2) is 59.6 Å². The van der Waals surface area contributed by atoms with Gasteiger partial charge in [-0.15, -0.1) is 0 Å². The van der Waals surface area contributed by atoms with Crippen LogP contribution in [0.25, 0.3) is 23.0 Å². The van der Waals surface area contributed by atoms with E-state index in [9.17, 15) is 4.79 Å². The molecule has 36 heavy (non-hydrogen) atoms. The van der Waals surface area contributed by atoms with Crippen LogP contribution in [0.5, 0.6) is 5.75 Å². The number of rotatable bonds is 8. The molecule has 8 heteroatoms. The summed E-state index contributed by atoms with van der Waals surface area (Å²) < 4.78 is 14.0. The monoisotopic (exact) mass is 519 g/mol. The van der Waals surface area contributed by atoms with Gasteiger partial charge in [0.2, 0.25) is 0 Å². The number of ether oxygens (including phenoxy) is 2. The summed E-state index contributed by atoms with van der Waals surface area (Å²) in [5.41, 5.74) is 4.62. The molecule has 1 aromatic heterocycles. The molecule has 6 nitrogen and oxygen atoms in total. The van der Waals surface area contributed by atoms with E-state index in [0.717, 1.165) is 59.7 Å². The van der Waals surface area contributed by atoms with E-state index in [4.69, 9.17) is 26.8 Å². The molecule has 2 saturated heterocycles. The van der Waals surface area contributed by atoms with E-state index in [1.165, 1.54) is 11.8 Å². The lowest BCUT2D eigenvalue weighted by Crippen LogP contribution is -2.35. The number of aromatic nitrogens is 2. The normalized spacial score (nSPS) is 19.0. The fourth-order valence-electron chi connectivity index (χ4n) is 4.39. The first-order chi connectivity index (χ1) is 17.5. The highest BCUT2D eigenvalue weighted by atomic mass is 32.2. The number of carbonyl (C=O) groups is 1. The summed E-state index contributed by atoms with van der Waals surface area (Å²) in [5.74, 6) is 0.804. The van der Waals surface area contributed by atoms with Crippen molar-refractivity contribution in [2.24, 2.45) is 0 Å². The zero-order valence-electron chi connectivity index (χ0n) is 20.5. The van der Waals surface area contributed by atoms with E-state index in [1.807, 2.05) is 66.3 Å². The standard InChI is InChI=1S/C28H29N3O3S2/c1-3-13-34-24-12-11-20(15-19(24)2)26-21(17-31(29-26)22-8-5-4-6-9-22)16-25-27(32)30(28(35)36-25)18-23-10-7-14-33-23/h4-6,8-9,11-12,15-17,23H,3,7,10,13-14,18H2,1-2H3. The molecule has 0 spiro atoms. The van der Waals surface area contributed by atoms with Crippen molar-refractivity contribution in [2.75, 3.05) is 19.8 Å². The fraction of sp³-hybridized carbons (Fsp3) is 0.321. The van der Waals surface area contributed by atoms with Gasteiger partial charge >= 0.3 is 0 Å². The minimum absolute atomic E-state index is 0.0552. The summed E-state index contributed by atoms with van der Waals surface area (Å²) >= 11 is 6.90. The van der Waals surface area contributed by atoms with Crippen molar-refractivity contribution < 1.29 is 14.3 Å². The van der Waals surface area contributed by atoms with Gasteiger partial charge in [0, 0.05) is 23.9 Å². The molecule has 186 valence electrons. The van der Waals surface area contributed by atoms with Gasteiger partial charge in [-0.1, -0.05) is 49.1 Å². The van der Waals surface area contributed by atoms with Gasteiger partial charge in [0.1, 0.15) is 15.8 Å². The van der Waals surface area contributed by atoms with Crippen molar-refractivity contribution in [1.29, 1.82) is 0 Å². The van der Waals surface area contributed by atoms with E-state index in [2.05, 4.69) is 13.0 Å². The second kappa shape index (κ2) is 11.0. The van der Waals surface area contributed by atoms with Crippen LogP contribution >= 0.6 is 24.0 Å². The van der Waals surface area contributed by atoms with E-state index >= 15 is 0 Å². The Hall–Kier alpha value is -2.94. The zero-order valence-corrected chi connectivity index (χ0v) is 22.1. The number of amides is 1. The number of carbonyl (C=O) groups excluding carboxylic acids is 1. The number of benzene rings is 2. The lowest BCUT2D eigenvalue weighted by atomic mass is 10.0. The summed E-state index contributed by atoms with van der Waals surface area (Å²) in [4.78, 5) is 15.6. The Morgan fingerprint density at radius 1 is 1.25 bits per heavy atom. The van der Waals surface area contributed by atoms with Crippen LogP contribution in [-0.4, -0.2) is 50.8 Å². The third kappa shape index (κ3) is 5.26. The second-order valence-electron chi connectivity index (χ2n) is 8.97. The van der Waals surface area contributed by atoms with Gasteiger partial charge in [0.15, 0.2) is 0 Å². The van der Waals surface area contributed by atoms with Gasteiger partial charge in [-0.05, 0) is 68.2 Å². The van der Waals surface area contributed by atoms with Crippen molar-refractivity contribution in [2.45, 2.75) is 39.2 Å². The van der Waals surface area contributed by atoms with E-state index in [0.29, 0.717) is 22.4 Å². The number of aryl methyl sites for hydroxylation is 1. The molecule has 2 aliphatic heterocycles. The number of thioether (sulfide) groups is 1. The predicted molar refractivity (Wildman–Crippen MR) is 148 cm³/mol. The van der Waals surface area contributed by atoms with E-state index < -0.39 is 0 Å². The molecular formula is C28H29N3O3S2. The Kier molecular flexibility index (Phi) is 7.55. The third-order valence-corrected chi connectivity index (χ3v) is 7.62. The second-order valence-corrected chi connectivity index (χ2v) is 10.6. The summed E-state index contributed by atoms with van der Waals surface area (Å²) in [7, 11) is 0. The van der Waals surface area contributed by atoms with Crippen LogP contribution in [0.2, 0.25) is 0 Å². The summed E-state index contributed by atoms with van der Waals surface area (Å²) in [6, 6.07) is 16.1. The molecule has 0 radical (unpaired) electrons. The van der Waals surface area contributed by atoms with Gasteiger partial charge in [-0.25, -0.2) is 4.68 Å². The maximum atomic E-state index is 13.3. The molecule has 1 unspecified atom stereocenters. The van der Waals surface area contributed by atoms with Gasteiger partial charge in [-0.2, -0.15) is 5.10 Å². The van der Waals surface area contributed by atoms with Crippen LogP contribution in [0.1, 0.15) is 37.3 Å². The molecule has 0 aliphatic carbocycles. The highest BCUT2D eigenvalue weighted by Gasteiger charge is 2.35. The molecule has 0 N–H and O–H groups in total. The minimum Gasteiger partial charge on any atom is -0.493 e. The van der Waals surface area contributed by atoms with Crippen molar-refractivity contribution in [3.63, 3.8) is 0 Å². The molecule has 0 saturated carbocycles. The van der Waals surface area contributed by atoms with Crippen molar-refractivity contribution in [3.05, 3.63) is 70.8 Å². The number of thiocarbonyl (C=S) groups is 1. The maximum Gasteiger partial charge on any atom is 0.266 e. The van der Waals surface area contributed by atoms with Crippen LogP contribution < -0.4 is 4.74 Å². The van der Waals surface area contributed by atoms with Crippen molar-refractivity contribution >= 4 is 40.3 Å². The third-order valence-electron chi connectivity index (χ3n) is 6.24. The number of nitrogens with zero attached hydrogens (tertiary/aromatic N) is 3. The highest BCUT2D eigenvalue weighted by molar-refractivity contribution is 8.26. The van der Waals surface area contributed by atoms with Crippen LogP contribution in [0, 0.1) is 6.92 Å². The Labute approximate surface area is 221 Å². The molecule has 2 fully saturated rings. The maximum absolute atomic E-state index is 13.3. The molecule has 2 aromatic carbocycles. The average Bonchev–Trinajstić information content (AvgIpc) is 3.61. The van der Waals surface area contributed by atoms with Crippen LogP contribution in [0.4, 0.5) is 0 Å². The van der Waals surface area contributed by atoms with Crippen LogP contribution in [0.3, 0.4) is 0 Å². The van der Waals surface area contributed by atoms with Gasteiger partial charge in [0.05, 0.1) is 29.8 Å². The lowest BCUT2D eigenvalue weighted by molar-refractivity contribution is -0.123. The topological polar surface area (TPSA) is 56.6 Å². The lowest BCUT2D eigenvalue weighted by Gasteiger charge is -2.18. The van der Waals surface area contributed by atoms with E-state index in [-0.39, 0.29) is 12.0 Å². The molecule has 5 rings (SSSR count). The van der Waals surface area contributed by atoms with Gasteiger partial charge < -0.3 is 9.47 Å². The Morgan fingerprint density at radius 2 is 2.08 bits per heavy atom. The average molecular weight is 520 g/mol. The quantitative estimate of drug-likeness (QED) is 0.268. The number of hydrogen-bond acceptors (Lipinski definition) is 6. The molecule has 3 heterocycles. The molecule has 0 bridgehead atoms. The van der Waals surface area contributed by atoms with Gasteiger partial charge in [-0.3, -0.25) is 9.69 Å². The Balaban J connectivity index is 1.50. The summed E-state index contributed by atoms with van der Waals surface area (Å²) in [5, 5.41) is 4.92. The number of hydrogen-bond donors (Lipinski definition) is 0. The first-order valence-electron chi connectivity index (χ1n) is 12.3. The predicted octanol–water partition coefficient (Wildman–Crippen LogP) is 6.02. The molecule has 2 aliphatic rings. The fourth-order valence-corrected chi connectivity index (χ4v) is 5.66. The SMILES string of the molecule is CCCOc1ccc(-c2nn(-c3ccccc3)cc2C=C2SC(=S)N(CC3CCCO3)C2=O)cc1C. The van der Waals surface area contributed by atoms with Gasteiger partial charge in [0.25, 0.3) is 5.91 Å². The first-order valence-corrected chi connectivity index (χ1v) is 13.5. The smallest absolute Gasteiger partial charge is 0.266 e. The summed E-state index contributed by atoms with van der Waals surface area (Å²) in [6.07, 6.45) is 6.87. The molecule has 1 atom stereocenters. The highest BCUT2D eigenvalue weighted by Crippen LogP contribution is 2.36. The van der Waals surface area contributed by atoms with Crippen LogP contribution in [-0.2, 0) is 9.53 Å². The molecule has 1 amide bonds. The van der Waals surface area contributed by atoms with Crippen molar-refractivity contribution in [1.82, 2.24) is 14.7 Å². The van der Waals surface area contributed by atoms with E-state index in [1.54, 1.807) is 4.90 Å². The van der Waals surface area contributed by atoms with Crippen molar-refractivity contribution in [3.8, 4) is 22.7 Å². The minimum atomic E-state index is -0.0709. The Morgan fingerprint density at radius 3 is 2.81 bits per heavy atom. The molecule has 3 aromatic rings. The zero-order chi connectivity index (χ0) is 25.1. The number of para-hydroxylation sites is 1. The Bertz CT molecular complexity index is 1300. The first kappa shape index (κ1) is 24.7. The largest absolute Gasteiger partial charge is 0.493 e. The molecular weight excluding hydrogens is 490 g/mol. The summed E-state index contributed by atoms with van der Waals surface area (Å²) in [6.45, 7) is 6.07.